The van der Waals surface area contributed by atoms with Crippen LogP contribution in [0.4, 0.5) is 22.0 Å². The van der Waals surface area contributed by atoms with Crippen molar-refractivity contribution >= 4 is 11.6 Å². The highest BCUT2D eigenvalue weighted by Crippen LogP contribution is 2.37. The molecule has 0 aliphatic carbocycles. The average molecular weight is 257 g/mol. The second-order valence-corrected chi connectivity index (χ2v) is 3.03. The first-order valence-electron chi connectivity index (χ1n) is 3.73. The van der Waals surface area contributed by atoms with E-state index in [0.29, 0.717) is 0 Å². The molecule has 1 heterocycles. The normalized spacial score (nSPS) is 11.6. The van der Waals surface area contributed by atoms with Crippen LogP contribution in [0.1, 0.15) is 23.2 Å². The Kier molecular flexibility index (Phi) is 3.33. The van der Waals surface area contributed by atoms with Crippen molar-refractivity contribution in [3.8, 4) is 6.07 Å². The van der Waals surface area contributed by atoms with Crippen molar-refractivity contribution in [1.82, 2.24) is 4.98 Å². The third-order valence-corrected chi connectivity index (χ3v) is 2.05. The molecule has 2 nitrogen and oxygen atoms in total. The maximum absolute atomic E-state index is 12.3. The lowest BCUT2D eigenvalue weighted by Gasteiger charge is -2.11. The van der Waals surface area contributed by atoms with Crippen LogP contribution in [0.3, 0.4) is 0 Å². The summed E-state index contributed by atoms with van der Waals surface area (Å²) in [7, 11) is 0. The molecular formula is C8H2ClF5N2. The van der Waals surface area contributed by atoms with Crippen molar-refractivity contribution in [2.75, 3.05) is 0 Å². The van der Waals surface area contributed by atoms with E-state index in [1.54, 1.807) is 0 Å². The molecule has 0 saturated heterocycles. The molecule has 0 unspecified atom stereocenters. The van der Waals surface area contributed by atoms with Crippen LogP contribution in [-0.4, -0.2) is 4.98 Å². The van der Waals surface area contributed by atoms with Gasteiger partial charge in [0.2, 0.25) is 0 Å². The van der Waals surface area contributed by atoms with Gasteiger partial charge in [-0.1, -0.05) is 11.6 Å². The van der Waals surface area contributed by atoms with Gasteiger partial charge in [-0.2, -0.15) is 18.4 Å². The van der Waals surface area contributed by atoms with Gasteiger partial charge >= 0.3 is 6.18 Å². The van der Waals surface area contributed by atoms with E-state index < -0.39 is 34.4 Å². The third-order valence-electron chi connectivity index (χ3n) is 1.67. The summed E-state index contributed by atoms with van der Waals surface area (Å²) >= 11 is 5.25. The highest BCUT2D eigenvalue weighted by Gasteiger charge is 2.36. The zero-order chi connectivity index (χ0) is 12.5. The van der Waals surface area contributed by atoms with Crippen molar-refractivity contribution < 1.29 is 22.0 Å². The minimum atomic E-state index is -4.86. The van der Waals surface area contributed by atoms with E-state index in [-0.39, 0.29) is 6.20 Å². The van der Waals surface area contributed by atoms with Crippen LogP contribution in [0.5, 0.6) is 0 Å². The van der Waals surface area contributed by atoms with E-state index in [4.69, 9.17) is 16.9 Å². The summed E-state index contributed by atoms with van der Waals surface area (Å²) in [6.45, 7) is 0. The fraction of sp³-hybridized carbons (Fsp3) is 0.250. The molecule has 0 amide bonds. The van der Waals surface area contributed by atoms with E-state index >= 15 is 0 Å². The van der Waals surface area contributed by atoms with Gasteiger partial charge < -0.3 is 0 Å². The second kappa shape index (κ2) is 4.22. The minimum absolute atomic E-state index is 0.173. The van der Waals surface area contributed by atoms with Crippen LogP contribution >= 0.6 is 11.6 Å². The summed E-state index contributed by atoms with van der Waals surface area (Å²) in [5.41, 5.74) is -3.50. The van der Waals surface area contributed by atoms with Gasteiger partial charge in [0.25, 0.3) is 6.43 Å². The zero-order valence-electron chi connectivity index (χ0n) is 7.32. The molecule has 86 valence electrons. The molecule has 0 aliphatic rings. The number of hydrogen-bond donors (Lipinski definition) is 0. The Morgan fingerprint density at radius 2 is 1.94 bits per heavy atom. The zero-order valence-corrected chi connectivity index (χ0v) is 8.07. The van der Waals surface area contributed by atoms with Crippen LogP contribution in [0, 0.1) is 11.3 Å². The molecule has 16 heavy (non-hydrogen) atoms. The lowest BCUT2D eigenvalue weighted by atomic mass is 10.1. The predicted molar refractivity (Wildman–Crippen MR) is 43.9 cm³/mol. The lowest BCUT2D eigenvalue weighted by molar-refractivity contribution is -0.138. The molecule has 0 atom stereocenters. The molecule has 0 saturated carbocycles. The highest BCUT2D eigenvalue weighted by molar-refractivity contribution is 6.32. The van der Waals surface area contributed by atoms with Gasteiger partial charge in [0.15, 0.2) is 0 Å². The number of nitriles is 1. The summed E-state index contributed by atoms with van der Waals surface area (Å²) < 4.78 is 61.4. The van der Waals surface area contributed by atoms with Gasteiger partial charge in [-0.3, -0.25) is 4.98 Å². The summed E-state index contributed by atoms with van der Waals surface area (Å²) in [5.74, 6) is 0. The Labute approximate surface area is 91.3 Å². The monoisotopic (exact) mass is 256 g/mol. The molecule has 0 N–H and O–H groups in total. The van der Waals surface area contributed by atoms with E-state index in [9.17, 15) is 22.0 Å². The number of nitrogens with zero attached hydrogens (tertiary/aromatic N) is 2. The number of hydrogen-bond acceptors (Lipinski definition) is 2. The maximum atomic E-state index is 12.3. The number of alkyl halides is 5. The van der Waals surface area contributed by atoms with Gasteiger partial charge in [0.1, 0.15) is 11.8 Å². The molecule has 0 radical (unpaired) electrons. The quantitative estimate of drug-likeness (QED) is 0.720. The third kappa shape index (κ3) is 2.22. The summed E-state index contributed by atoms with van der Waals surface area (Å²) in [6, 6.07) is 1.14. The number of halogens is 6. The Morgan fingerprint density at radius 1 is 1.38 bits per heavy atom. The minimum Gasteiger partial charge on any atom is -0.253 e. The first kappa shape index (κ1) is 12.6. The Balaban J connectivity index is 3.49. The number of aromatic nitrogens is 1. The number of rotatable bonds is 1. The topological polar surface area (TPSA) is 36.7 Å². The molecule has 0 fully saturated rings. The maximum Gasteiger partial charge on any atom is 0.419 e. The molecule has 1 aromatic rings. The fourth-order valence-electron chi connectivity index (χ4n) is 0.978. The van der Waals surface area contributed by atoms with Gasteiger partial charge in [0, 0.05) is 6.20 Å². The Hall–Kier alpha value is -1.42. The molecule has 0 aromatic carbocycles. The first-order valence-corrected chi connectivity index (χ1v) is 4.10. The summed E-state index contributed by atoms with van der Waals surface area (Å²) in [5, 5.41) is 7.50. The van der Waals surface area contributed by atoms with Gasteiger partial charge in [-0.25, -0.2) is 8.78 Å². The van der Waals surface area contributed by atoms with Crippen molar-refractivity contribution in [3.63, 3.8) is 0 Å². The second-order valence-electron chi connectivity index (χ2n) is 2.66. The molecule has 0 spiro atoms. The van der Waals surface area contributed by atoms with Crippen LogP contribution in [0.2, 0.25) is 5.02 Å². The van der Waals surface area contributed by atoms with Crippen LogP contribution < -0.4 is 0 Å². The van der Waals surface area contributed by atoms with E-state index in [2.05, 4.69) is 4.98 Å². The van der Waals surface area contributed by atoms with Crippen LogP contribution in [0.15, 0.2) is 6.20 Å². The molecule has 0 aliphatic heterocycles. The molecule has 1 aromatic heterocycles. The molecule has 1 rings (SSSR count). The van der Waals surface area contributed by atoms with Gasteiger partial charge in [-0.05, 0) is 0 Å². The SMILES string of the molecule is N#Cc1c(C(F)(F)F)cnc(C(F)F)c1Cl. The fourth-order valence-corrected chi connectivity index (χ4v) is 1.25. The summed E-state index contributed by atoms with van der Waals surface area (Å²) in [4.78, 5) is 2.90. The van der Waals surface area contributed by atoms with Crippen molar-refractivity contribution in [2.45, 2.75) is 12.6 Å². The Bertz CT molecular complexity index is 449. The van der Waals surface area contributed by atoms with E-state index in [0.717, 1.165) is 6.07 Å². The highest BCUT2D eigenvalue weighted by atomic mass is 35.5. The van der Waals surface area contributed by atoms with Crippen molar-refractivity contribution in [3.05, 3.63) is 28.0 Å². The molecule has 0 bridgehead atoms. The van der Waals surface area contributed by atoms with Crippen LogP contribution in [-0.2, 0) is 6.18 Å². The Morgan fingerprint density at radius 3 is 2.31 bits per heavy atom. The smallest absolute Gasteiger partial charge is 0.253 e. The first-order chi connectivity index (χ1) is 7.29. The number of pyridine rings is 1. The largest absolute Gasteiger partial charge is 0.419 e. The molecular weight excluding hydrogens is 255 g/mol. The van der Waals surface area contributed by atoms with Crippen molar-refractivity contribution in [1.29, 1.82) is 5.26 Å². The summed E-state index contributed by atoms with van der Waals surface area (Å²) in [6.07, 6.45) is -7.82. The average Bonchev–Trinajstić information content (AvgIpc) is 2.15. The van der Waals surface area contributed by atoms with E-state index in [1.165, 1.54) is 0 Å². The standard InChI is InChI=1S/C8H2ClF5N2/c9-5-3(1-15)4(8(12,13)14)2-16-6(5)7(10)11/h2,7H. The van der Waals surface area contributed by atoms with Crippen LogP contribution in [0.25, 0.3) is 0 Å². The van der Waals surface area contributed by atoms with Gasteiger partial charge in [-0.15, -0.1) is 0 Å². The molecule has 8 heteroatoms. The lowest BCUT2D eigenvalue weighted by Crippen LogP contribution is -2.10. The van der Waals surface area contributed by atoms with Crippen molar-refractivity contribution in [2.24, 2.45) is 0 Å². The van der Waals surface area contributed by atoms with E-state index in [1.807, 2.05) is 0 Å². The van der Waals surface area contributed by atoms with Gasteiger partial charge in [0.05, 0.1) is 16.1 Å². The predicted octanol–water partition coefficient (Wildman–Crippen LogP) is 3.56.